The monoisotopic (exact) mass is 381 g/mol. The van der Waals surface area contributed by atoms with E-state index in [1.807, 2.05) is 30.5 Å². The van der Waals surface area contributed by atoms with Gasteiger partial charge in [-0.05, 0) is 37.1 Å². The molecule has 2 N–H and O–H groups in total. The summed E-state index contributed by atoms with van der Waals surface area (Å²) in [5.41, 5.74) is 10.3. The molecule has 1 unspecified atom stereocenters. The average Bonchev–Trinajstić information content (AvgIpc) is 3.23. The van der Waals surface area contributed by atoms with Crippen molar-refractivity contribution in [2.24, 2.45) is 0 Å². The summed E-state index contributed by atoms with van der Waals surface area (Å²) < 4.78 is 2.26. The minimum atomic E-state index is 0.249. The number of likely N-dealkylation sites (tertiary alicyclic amines) is 1. The molecule has 0 spiro atoms. The van der Waals surface area contributed by atoms with Gasteiger partial charge in [-0.2, -0.15) is 0 Å². The van der Waals surface area contributed by atoms with Crippen LogP contribution in [0.1, 0.15) is 18.2 Å². The van der Waals surface area contributed by atoms with Gasteiger partial charge in [0.1, 0.15) is 24.1 Å². The molecule has 27 heavy (non-hydrogen) atoms. The Morgan fingerprint density at radius 2 is 2.04 bits per heavy atom. The van der Waals surface area contributed by atoms with E-state index in [4.69, 9.17) is 17.3 Å². The van der Waals surface area contributed by atoms with Gasteiger partial charge in [0.25, 0.3) is 0 Å². The Hall–Kier alpha value is -2.86. The van der Waals surface area contributed by atoms with E-state index in [1.165, 1.54) is 12.4 Å². The first kappa shape index (κ1) is 17.5. The Morgan fingerprint density at radius 1 is 1.26 bits per heavy atom. The van der Waals surface area contributed by atoms with Gasteiger partial charge in [-0.3, -0.25) is 4.79 Å². The van der Waals surface area contributed by atoms with Gasteiger partial charge in [0.05, 0.1) is 11.4 Å². The van der Waals surface area contributed by atoms with Crippen LogP contribution in [-0.4, -0.2) is 38.8 Å². The third-order valence-electron chi connectivity index (χ3n) is 5.13. The molecule has 3 heterocycles. The fourth-order valence-corrected chi connectivity index (χ4v) is 4.09. The number of aldehydes is 1. The summed E-state index contributed by atoms with van der Waals surface area (Å²) >= 11 is 6.06. The number of carbonyl (C=O) groups excluding carboxylic acids is 1. The van der Waals surface area contributed by atoms with Crippen LogP contribution in [0.15, 0.2) is 42.9 Å². The average molecular weight is 382 g/mol. The van der Waals surface area contributed by atoms with Crippen LogP contribution >= 0.6 is 11.6 Å². The van der Waals surface area contributed by atoms with E-state index in [9.17, 15) is 4.79 Å². The number of hydrogen-bond donors (Lipinski definition) is 1. The third-order valence-corrected chi connectivity index (χ3v) is 5.38. The lowest BCUT2D eigenvalue weighted by molar-refractivity contribution is -0.104. The summed E-state index contributed by atoms with van der Waals surface area (Å²) in [5.74, 6) is 0.475. The number of benzene rings is 1. The van der Waals surface area contributed by atoms with Crippen molar-refractivity contribution in [1.82, 2.24) is 19.4 Å². The summed E-state index contributed by atoms with van der Waals surface area (Å²) in [6, 6.07) is 7.99. The van der Waals surface area contributed by atoms with Crippen molar-refractivity contribution >= 4 is 34.7 Å². The molecule has 0 bridgehead atoms. The second kappa shape index (κ2) is 7.04. The molecule has 1 aromatic carbocycles. The van der Waals surface area contributed by atoms with Crippen LogP contribution in [0.25, 0.3) is 22.2 Å². The Balaban J connectivity index is 1.86. The number of nitrogen functional groups attached to an aromatic ring is 1. The minimum Gasteiger partial charge on any atom is -0.383 e. The number of aromatic nitrogens is 3. The number of allylic oxidation sites excluding steroid dienone is 1. The van der Waals surface area contributed by atoms with Gasteiger partial charge in [-0.1, -0.05) is 23.7 Å². The second-order valence-corrected chi connectivity index (χ2v) is 7.15. The molecule has 1 aliphatic heterocycles. The number of carbonyl (C=O) groups is 1. The molecule has 0 aliphatic carbocycles. The first-order valence-electron chi connectivity index (χ1n) is 8.83. The van der Waals surface area contributed by atoms with Gasteiger partial charge in [0.15, 0.2) is 0 Å². The molecule has 1 atom stereocenters. The van der Waals surface area contributed by atoms with Crippen molar-refractivity contribution in [2.45, 2.75) is 19.4 Å². The van der Waals surface area contributed by atoms with Crippen LogP contribution in [0.5, 0.6) is 0 Å². The molecule has 0 radical (unpaired) electrons. The van der Waals surface area contributed by atoms with Crippen molar-refractivity contribution in [3.05, 3.63) is 53.6 Å². The number of nitrogens with two attached hydrogens (primary N) is 1. The lowest BCUT2D eigenvalue weighted by Crippen LogP contribution is -2.17. The summed E-state index contributed by atoms with van der Waals surface area (Å²) in [4.78, 5) is 21.5. The molecule has 1 aliphatic rings. The molecular weight excluding hydrogens is 362 g/mol. The summed E-state index contributed by atoms with van der Waals surface area (Å²) in [7, 11) is 0. The molecule has 0 saturated carbocycles. The topological polar surface area (TPSA) is 77.0 Å². The molecule has 4 rings (SSSR count). The maximum absolute atomic E-state index is 10.6. The van der Waals surface area contributed by atoms with E-state index in [-0.39, 0.29) is 6.04 Å². The van der Waals surface area contributed by atoms with Crippen LogP contribution in [0, 0.1) is 6.92 Å². The van der Waals surface area contributed by atoms with E-state index in [1.54, 1.807) is 0 Å². The molecular formula is C20H20ClN5O. The molecule has 1 fully saturated rings. The quantitative estimate of drug-likeness (QED) is 0.552. The summed E-state index contributed by atoms with van der Waals surface area (Å²) in [6.45, 7) is 3.80. The van der Waals surface area contributed by atoms with E-state index >= 15 is 0 Å². The smallest absolute Gasteiger partial charge is 0.146 e. The molecule has 0 amide bonds. The highest BCUT2D eigenvalue weighted by molar-refractivity contribution is 6.30. The van der Waals surface area contributed by atoms with E-state index < -0.39 is 0 Å². The van der Waals surface area contributed by atoms with Crippen molar-refractivity contribution in [1.29, 1.82) is 0 Å². The lowest BCUT2D eigenvalue weighted by atomic mass is 10.0. The minimum absolute atomic E-state index is 0.249. The largest absolute Gasteiger partial charge is 0.383 e. The number of nitrogens with zero attached hydrogens (tertiary/aromatic N) is 4. The zero-order chi connectivity index (χ0) is 19.0. The van der Waals surface area contributed by atoms with Crippen LogP contribution in [0.4, 0.5) is 5.82 Å². The number of fused-ring (bicyclic) bond motifs is 1. The van der Waals surface area contributed by atoms with Crippen molar-refractivity contribution in [2.75, 3.05) is 18.8 Å². The zero-order valence-electron chi connectivity index (χ0n) is 15.0. The van der Waals surface area contributed by atoms with Crippen molar-refractivity contribution < 1.29 is 4.79 Å². The highest BCUT2D eigenvalue weighted by atomic mass is 35.5. The molecule has 7 heteroatoms. The van der Waals surface area contributed by atoms with Gasteiger partial charge in [-0.25, -0.2) is 9.97 Å². The number of anilines is 1. The van der Waals surface area contributed by atoms with Gasteiger partial charge >= 0.3 is 0 Å². The predicted octanol–water partition coefficient (Wildman–Crippen LogP) is 3.60. The maximum atomic E-state index is 10.6. The summed E-state index contributed by atoms with van der Waals surface area (Å²) in [6.07, 6.45) is 6.66. The zero-order valence-corrected chi connectivity index (χ0v) is 15.7. The maximum Gasteiger partial charge on any atom is 0.146 e. The third kappa shape index (κ3) is 3.06. The van der Waals surface area contributed by atoms with Gasteiger partial charge in [0, 0.05) is 35.6 Å². The van der Waals surface area contributed by atoms with Gasteiger partial charge in [0.2, 0.25) is 0 Å². The molecule has 3 aromatic rings. The standard InChI is InChI=1S/C20H20ClN5O/c1-13-17(14-3-5-15(21)6-4-14)18-19(22)23-12-24-20(18)26(13)16-7-9-25(11-16)8-2-10-27/h2-6,8,10,12,16H,7,9,11H2,1H3,(H2,22,23,24). The number of halogens is 1. The molecule has 2 aromatic heterocycles. The van der Waals surface area contributed by atoms with E-state index in [0.29, 0.717) is 10.8 Å². The Labute approximate surface area is 162 Å². The van der Waals surface area contributed by atoms with Crippen LogP contribution in [0.3, 0.4) is 0 Å². The molecule has 6 nitrogen and oxygen atoms in total. The SMILES string of the molecule is Cc1c(-c2ccc(Cl)cc2)c2c(N)ncnc2n1C1CCN(C=CC=O)C1. The van der Waals surface area contributed by atoms with Gasteiger partial charge < -0.3 is 15.2 Å². The normalized spacial score (nSPS) is 17.3. The Morgan fingerprint density at radius 3 is 2.78 bits per heavy atom. The van der Waals surface area contributed by atoms with Crippen molar-refractivity contribution in [3.63, 3.8) is 0 Å². The first-order valence-corrected chi connectivity index (χ1v) is 9.21. The highest BCUT2D eigenvalue weighted by Crippen LogP contribution is 2.39. The first-order chi connectivity index (χ1) is 13.1. The molecule has 1 saturated heterocycles. The van der Waals surface area contributed by atoms with Crippen LogP contribution in [-0.2, 0) is 4.79 Å². The predicted molar refractivity (Wildman–Crippen MR) is 108 cm³/mol. The van der Waals surface area contributed by atoms with Gasteiger partial charge in [-0.15, -0.1) is 0 Å². The van der Waals surface area contributed by atoms with Crippen LogP contribution < -0.4 is 5.73 Å². The Bertz CT molecular complexity index is 1030. The number of hydrogen-bond acceptors (Lipinski definition) is 5. The molecule has 138 valence electrons. The van der Waals surface area contributed by atoms with E-state index in [2.05, 4.69) is 26.4 Å². The highest BCUT2D eigenvalue weighted by Gasteiger charge is 2.28. The van der Waals surface area contributed by atoms with E-state index in [0.717, 1.165) is 53.7 Å². The second-order valence-electron chi connectivity index (χ2n) is 6.71. The number of rotatable bonds is 4. The fraction of sp³-hybridized carbons (Fsp3) is 0.250. The van der Waals surface area contributed by atoms with Crippen LogP contribution in [0.2, 0.25) is 5.02 Å². The fourth-order valence-electron chi connectivity index (χ4n) is 3.96. The van der Waals surface area contributed by atoms with Crippen molar-refractivity contribution in [3.8, 4) is 11.1 Å². The lowest BCUT2D eigenvalue weighted by Gasteiger charge is -2.17. The Kier molecular flexibility index (Phi) is 4.58. The summed E-state index contributed by atoms with van der Waals surface area (Å²) in [5, 5.41) is 1.57.